The summed E-state index contributed by atoms with van der Waals surface area (Å²) in [7, 11) is 0. The summed E-state index contributed by atoms with van der Waals surface area (Å²) in [5.41, 5.74) is 2.70. The maximum Gasteiger partial charge on any atom is 0.0886 e. The van der Waals surface area contributed by atoms with Crippen molar-refractivity contribution in [3.05, 3.63) is 48.3 Å². The van der Waals surface area contributed by atoms with Crippen LogP contribution in [-0.4, -0.2) is 27.8 Å². The van der Waals surface area contributed by atoms with Gasteiger partial charge in [-0.1, -0.05) is 19.1 Å². The van der Waals surface area contributed by atoms with Crippen LogP contribution in [0.5, 0.6) is 0 Å². The molecular weight excluding hydrogens is 240 g/mol. The molecule has 0 aromatic carbocycles. The Morgan fingerprint density at radius 3 is 2.58 bits per heavy atom. The lowest BCUT2D eigenvalue weighted by atomic mass is 10.2. The molecular formula is C15H18N2O2. The van der Waals surface area contributed by atoms with Crippen molar-refractivity contribution in [1.82, 2.24) is 9.97 Å². The Morgan fingerprint density at radius 2 is 2.00 bits per heavy atom. The van der Waals surface area contributed by atoms with Crippen molar-refractivity contribution in [1.29, 1.82) is 0 Å². The Morgan fingerprint density at radius 1 is 1.16 bits per heavy atom. The maximum atomic E-state index is 9.05. The molecule has 0 fully saturated rings. The lowest BCUT2D eigenvalue weighted by Crippen LogP contribution is -2.16. The van der Waals surface area contributed by atoms with Gasteiger partial charge < -0.3 is 9.84 Å². The Kier molecular flexibility index (Phi) is 5.01. The predicted octanol–water partition coefficient (Wildman–Crippen LogP) is 2.43. The first kappa shape index (κ1) is 13.6. The SMILES string of the molecule is CC[C@@H](CO)OCc1ccc(-c2ccccn2)nc1. The van der Waals surface area contributed by atoms with Crippen LogP contribution in [0.25, 0.3) is 11.4 Å². The molecule has 100 valence electrons. The quantitative estimate of drug-likeness (QED) is 0.864. The second-order valence-corrected chi connectivity index (χ2v) is 4.29. The summed E-state index contributed by atoms with van der Waals surface area (Å²) >= 11 is 0. The van der Waals surface area contributed by atoms with Gasteiger partial charge in [0, 0.05) is 12.4 Å². The van der Waals surface area contributed by atoms with E-state index in [2.05, 4.69) is 9.97 Å². The second-order valence-electron chi connectivity index (χ2n) is 4.29. The first-order chi connectivity index (χ1) is 9.33. The van der Waals surface area contributed by atoms with Crippen LogP contribution in [-0.2, 0) is 11.3 Å². The first-order valence-corrected chi connectivity index (χ1v) is 6.42. The second kappa shape index (κ2) is 6.97. The molecule has 1 atom stereocenters. The number of nitrogens with zero attached hydrogens (tertiary/aromatic N) is 2. The van der Waals surface area contributed by atoms with Crippen molar-refractivity contribution in [2.24, 2.45) is 0 Å². The average molecular weight is 258 g/mol. The highest BCUT2D eigenvalue weighted by molar-refractivity contribution is 5.53. The molecule has 0 bridgehead atoms. The molecule has 2 aromatic rings. The molecule has 2 rings (SSSR count). The summed E-state index contributed by atoms with van der Waals surface area (Å²) < 4.78 is 5.57. The van der Waals surface area contributed by atoms with E-state index in [1.165, 1.54) is 0 Å². The third-order valence-electron chi connectivity index (χ3n) is 2.90. The van der Waals surface area contributed by atoms with E-state index in [0.717, 1.165) is 23.4 Å². The summed E-state index contributed by atoms with van der Waals surface area (Å²) in [6.07, 6.45) is 4.24. The highest BCUT2D eigenvalue weighted by Crippen LogP contribution is 2.14. The van der Waals surface area contributed by atoms with Gasteiger partial charge in [-0.15, -0.1) is 0 Å². The molecule has 0 radical (unpaired) electrons. The highest BCUT2D eigenvalue weighted by atomic mass is 16.5. The molecule has 0 saturated heterocycles. The van der Waals surface area contributed by atoms with Crippen LogP contribution in [0.1, 0.15) is 18.9 Å². The van der Waals surface area contributed by atoms with Crippen molar-refractivity contribution in [3.8, 4) is 11.4 Å². The van der Waals surface area contributed by atoms with Crippen molar-refractivity contribution >= 4 is 0 Å². The molecule has 0 spiro atoms. The minimum atomic E-state index is -0.101. The maximum absolute atomic E-state index is 9.05. The Hall–Kier alpha value is -1.78. The Labute approximate surface area is 113 Å². The van der Waals surface area contributed by atoms with Gasteiger partial charge in [-0.3, -0.25) is 9.97 Å². The van der Waals surface area contributed by atoms with Gasteiger partial charge in [0.25, 0.3) is 0 Å². The van der Waals surface area contributed by atoms with Gasteiger partial charge in [0.2, 0.25) is 0 Å². The summed E-state index contributed by atoms with van der Waals surface area (Å²) in [6, 6.07) is 9.65. The van der Waals surface area contributed by atoms with Gasteiger partial charge in [0.05, 0.1) is 30.7 Å². The molecule has 0 aliphatic rings. The van der Waals surface area contributed by atoms with E-state index in [9.17, 15) is 0 Å². The standard InChI is InChI=1S/C15H18N2O2/c1-2-13(10-18)19-11-12-6-7-15(17-9-12)14-5-3-4-8-16-14/h3-9,13,18H,2,10-11H2,1H3/t13-/m0/s1. The van der Waals surface area contributed by atoms with Crippen molar-refractivity contribution in [2.45, 2.75) is 26.1 Å². The van der Waals surface area contributed by atoms with Gasteiger partial charge in [-0.25, -0.2) is 0 Å². The number of pyridine rings is 2. The van der Waals surface area contributed by atoms with E-state index in [0.29, 0.717) is 6.61 Å². The number of hydrogen-bond donors (Lipinski definition) is 1. The lowest BCUT2D eigenvalue weighted by Gasteiger charge is -2.12. The third-order valence-corrected chi connectivity index (χ3v) is 2.90. The Bertz CT molecular complexity index is 481. The minimum absolute atomic E-state index is 0.0515. The molecule has 0 aliphatic heterocycles. The zero-order chi connectivity index (χ0) is 13.5. The van der Waals surface area contributed by atoms with Gasteiger partial charge in [0.15, 0.2) is 0 Å². The van der Waals surface area contributed by atoms with Gasteiger partial charge in [-0.05, 0) is 30.2 Å². The molecule has 0 amide bonds. The zero-order valence-electron chi connectivity index (χ0n) is 11.0. The highest BCUT2D eigenvalue weighted by Gasteiger charge is 2.05. The number of rotatable bonds is 6. The Balaban J connectivity index is 1.99. The monoisotopic (exact) mass is 258 g/mol. The average Bonchev–Trinajstić information content (AvgIpc) is 2.50. The largest absolute Gasteiger partial charge is 0.394 e. The number of hydrogen-bond acceptors (Lipinski definition) is 4. The molecule has 4 nitrogen and oxygen atoms in total. The smallest absolute Gasteiger partial charge is 0.0886 e. The van der Waals surface area contributed by atoms with Gasteiger partial charge >= 0.3 is 0 Å². The number of ether oxygens (including phenoxy) is 1. The third kappa shape index (κ3) is 3.84. The predicted molar refractivity (Wildman–Crippen MR) is 73.4 cm³/mol. The summed E-state index contributed by atoms with van der Waals surface area (Å²) in [5.74, 6) is 0. The fourth-order valence-electron chi connectivity index (χ4n) is 1.69. The normalized spacial score (nSPS) is 12.3. The summed E-state index contributed by atoms with van der Waals surface area (Å²) in [4.78, 5) is 8.63. The first-order valence-electron chi connectivity index (χ1n) is 6.42. The fourth-order valence-corrected chi connectivity index (χ4v) is 1.69. The van der Waals surface area contributed by atoms with Crippen molar-refractivity contribution < 1.29 is 9.84 Å². The fraction of sp³-hybridized carbons (Fsp3) is 0.333. The van der Waals surface area contributed by atoms with Crippen LogP contribution in [0.15, 0.2) is 42.7 Å². The van der Waals surface area contributed by atoms with Gasteiger partial charge in [-0.2, -0.15) is 0 Å². The van der Waals surface area contributed by atoms with Crippen LogP contribution in [0, 0.1) is 0 Å². The van der Waals surface area contributed by atoms with Crippen LogP contribution in [0.3, 0.4) is 0 Å². The molecule has 1 N–H and O–H groups in total. The molecule has 0 aliphatic carbocycles. The zero-order valence-corrected chi connectivity index (χ0v) is 11.0. The van der Waals surface area contributed by atoms with E-state index in [1.807, 2.05) is 37.3 Å². The number of aromatic nitrogens is 2. The van der Waals surface area contributed by atoms with E-state index >= 15 is 0 Å². The van der Waals surface area contributed by atoms with Crippen LogP contribution in [0.2, 0.25) is 0 Å². The molecule has 0 unspecified atom stereocenters. The van der Waals surface area contributed by atoms with Gasteiger partial charge in [0.1, 0.15) is 0 Å². The van der Waals surface area contributed by atoms with E-state index in [4.69, 9.17) is 9.84 Å². The minimum Gasteiger partial charge on any atom is -0.394 e. The molecule has 4 heteroatoms. The molecule has 2 heterocycles. The topological polar surface area (TPSA) is 55.2 Å². The molecule has 0 saturated carbocycles. The number of aliphatic hydroxyl groups excluding tert-OH is 1. The molecule has 19 heavy (non-hydrogen) atoms. The lowest BCUT2D eigenvalue weighted by molar-refractivity contribution is 0.000667. The van der Waals surface area contributed by atoms with Crippen LogP contribution < -0.4 is 0 Å². The van der Waals surface area contributed by atoms with Crippen molar-refractivity contribution in [2.75, 3.05) is 6.61 Å². The number of aliphatic hydroxyl groups is 1. The summed E-state index contributed by atoms with van der Waals surface area (Å²) in [5, 5.41) is 9.05. The van der Waals surface area contributed by atoms with E-state index in [-0.39, 0.29) is 12.7 Å². The van der Waals surface area contributed by atoms with E-state index < -0.39 is 0 Å². The van der Waals surface area contributed by atoms with Crippen LogP contribution >= 0.6 is 0 Å². The van der Waals surface area contributed by atoms with Crippen molar-refractivity contribution in [3.63, 3.8) is 0 Å². The van der Waals surface area contributed by atoms with Crippen LogP contribution in [0.4, 0.5) is 0 Å². The van der Waals surface area contributed by atoms with E-state index in [1.54, 1.807) is 12.4 Å². The molecule has 2 aromatic heterocycles. The summed E-state index contributed by atoms with van der Waals surface area (Å²) in [6.45, 7) is 2.51.